The van der Waals surface area contributed by atoms with Gasteiger partial charge in [-0.05, 0) is 73.5 Å². The number of rotatable bonds is 5. The first-order valence-electron chi connectivity index (χ1n) is 14.9. The summed E-state index contributed by atoms with van der Waals surface area (Å²) >= 11 is 0. The fourth-order valence-electron chi connectivity index (χ4n) is 7.72. The van der Waals surface area contributed by atoms with Crippen molar-refractivity contribution in [1.29, 1.82) is 0 Å². The van der Waals surface area contributed by atoms with Crippen LogP contribution in [0.3, 0.4) is 0 Å². The Bertz CT molecular complexity index is 1980. The van der Waals surface area contributed by atoms with Gasteiger partial charge in [0.15, 0.2) is 23.1 Å². The summed E-state index contributed by atoms with van der Waals surface area (Å²) in [6.07, 6.45) is 2.06. The molecule has 224 valence electrons. The number of methoxy groups -OCH3 is 1. The summed E-state index contributed by atoms with van der Waals surface area (Å²) in [7, 11) is 1.55. The lowest BCUT2D eigenvalue weighted by Crippen LogP contribution is -2.51. The molecule has 0 aliphatic carbocycles. The van der Waals surface area contributed by atoms with Crippen LogP contribution in [0.15, 0.2) is 91.0 Å². The van der Waals surface area contributed by atoms with E-state index in [1.54, 1.807) is 49.6 Å². The fourth-order valence-corrected chi connectivity index (χ4v) is 7.72. The van der Waals surface area contributed by atoms with Crippen molar-refractivity contribution in [2.75, 3.05) is 24.1 Å². The Balaban J connectivity index is 1.43. The summed E-state index contributed by atoms with van der Waals surface area (Å²) in [5.41, 5.74) is 4.49. The minimum absolute atomic E-state index is 0.0587. The molecule has 1 amide bonds. The number of ether oxygens (including phenoxy) is 3. The molecule has 4 aliphatic heterocycles. The summed E-state index contributed by atoms with van der Waals surface area (Å²) in [5, 5.41) is 3.08. The van der Waals surface area contributed by atoms with Gasteiger partial charge in [0.05, 0.1) is 19.1 Å². The molecule has 1 fully saturated rings. The molecule has 1 N–H and O–H groups in total. The molecule has 4 heterocycles. The van der Waals surface area contributed by atoms with Crippen LogP contribution in [0, 0.1) is 12.8 Å². The third-order valence-electron chi connectivity index (χ3n) is 9.69. The first kappa shape index (κ1) is 27.2. The van der Waals surface area contributed by atoms with Gasteiger partial charge in [-0.3, -0.25) is 14.4 Å². The fraction of sp³-hybridized carbons (Fsp3) is 0.216. The number of aryl methyl sites for hydroxylation is 1. The van der Waals surface area contributed by atoms with Gasteiger partial charge < -0.3 is 24.4 Å². The maximum Gasteiger partial charge on any atom is 0.238 e. The molecule has 8 nitrogen and oxygen atoms in total. The Morgan fingerprint density at radius 2 is 1.69 bits per heavy atom. The Morgan fingerprint density at radius 3 is 2.53 bits per heavy atom. The number of amides is 1. The number of hydrogen-bond acceptors (Lipinski definition) is 7. The Kier molecular flexibility index (Phi) is 5.94. The van der Waals surface area contributed by atoms with E-state index in [1.807, 2.05) is 55.1 Å². The number of anilines is 2. The van der Waals surface area contributed by atoms with Crippen molar-refractivity contribution in [1.82, 2.24) is 0 Å². The number of nitrogens with one attached hydrogen (secondary N) is 1. The number of carbonyl (C=O) groups excluding carboxylic acids is 3. The highest BCUT2D eigenvalue weighted by Gasteiger charge is 2.70. The summed E-state index contributed by atoms with van der Waals surface area (Å²) in [4.78, 5) is 46.7. The van der Waals surface area contributed by atoms with Crippen molar-refractivity contribution in [2.45, 2.75) is 31.3 Å². The van der Waals surface area contributed by atoms with Crippen molar-refractivity contribution in [3.8, 4) is 17.2 Å². The Morgan fingerprint density at radius 1 is 0.889 bits per heavy atom. The van der Waals surface area contributed by atoms with E-state index in [9.17, 15) is 9.59 Å². The zero-order chi connectivity index (χ0) is 31.0. The highest BCUT2D eigenvalue weighted by molar-refractivity contribution is 6.18. The number of carbonyl (C=O) groups is 3. The molecule has 4 aromatic rings. The summed E-state index contributed by atoms with van der Waals surface area (Å²) < 4.78 is 16.6. The predicted molar refractivity (Wildman–Crippen MR) is 169 cm³/mol. The maximum atomic E-state index is 15.1. The van der Waals surface area contributed by atoms with Gasteiger partial charge in [-0.25, -0.2) is 0 Å². The van der Waals surface area contributed by atoms with Gasteiger partial charge in [0.1, 0.15) is 17.2 Å². The van der Waals surface area contributed by atoms with Crippen LogP contribution < -0.4 is 24.4 Å². The highest BCUT2D eigenvalue weighted by Crippen LogP contribution is 2.59. The third kappa shape index (κ3) is 3.75. The van der Waals surface area contributed by atoms with Crippen molar-refractivity contribution in [3.63, 3.8) is 0 Å². The molecular weight excluding hydrogens is 568 g/mol. The second-order valence-corrected chi connectivity index (χ2v) is 12.0. The van der Waals surface area contributed by atoms with E-state index in [2.05, 4.69) is 17.5 Å². The quantitative estimate of drug-likeness (QED) is 0.283. The molecule has 8 rings (SSSR count). The Labute approximate surface area is 260 Å². The predicted octanol–water partition coefficient (Wildman–Crippen LogP) is 5.98. The van der Waals surface area contributed by atoms with Crippen LogP contribution in [0.25, 0.3) is 5.57 Å². The van der Waals surface area contributed by atoms with E-state index in [1.165, 1.54) is 0 Å². The molecule has 0 saturated carbocycles. The van der Waals surface area contributed by atoms with Gasteiger partial charge in [-0.1, -0.05) is 48.0 Å². The number of allylic oxidation sites excluding steroid dienone is 1. The van der Waals surface area contributed by atoms with Crippen LogP contribution >= 0.6 is 0 Å². The molecule has 4 atom stereocenters. The summed E-state index contributed by atoms with van der Waals surface area (Å²) in [5.74, 6) is -0.477. The average Bonchev–Trinajstić information content (AvgIpc) is 3.73. The molecule has 4 aromatic carbocycles. The van der Waals surface area contributed by atoms with Crippen LogP contribution in [-0.4, -0.2) is 43.5 Å². The first-order valence-corrected chi connectivity index (χ1v) is 14.9. The van der Waals surface area contributed by atoms with Crippen LogP contribution in [0.5, 0.6) is 17.2 Å². The topological polar surface area (TPSA) is 94.2 Å². The van der Waals surface area contributed by atoms with Crippen molar-refractivity contribution < 1.29 is 28.6 Å². The molecule has 0 aromatic heterocycles. The van der Waals surface area contributed by atoms with Gasteiger partial charge in [-0.2, -0.15) is 0 Å². The van der Waals surface area contributed by atoms with Crippen LogP contribution in [-0.2, 0) is 10.2 Å². The lowest BCUT2D eigenvalue weighted by Gasteiger charge is -2.39. The van der Waals surface area contributed by atoms with E-state index in [4.69, 9.17) is 14.2 Å². The second kappa shape index (κ2) is 9.82. The molecule has 45 heavy (non-hydrogen) atoms. The van der Waals surface area contributed by atoms with E-state index in [0.29, 0.717) is 39.6 Å². The number of para-hydroxylation sites is 1. The van der Waals surface area contributed by atoms with Crippen molar-refractivity contribution >= 4 is 34.4 Å². The van der Waals surface area contributed by atoms with Crippen LogP contribution in [0.2, 0.25) is 0 Å². The monoisotopic (exact) mass is 598 g/mol. The third-order valence-corrected chi connectivity index (χ3v) is 9.69. The van der Waals surface area contributed by atoms with E-state index >= 15 is 4.79 Å². The highest BCUT2D eigenvalue weighted by atomic mass is 16.7. The van der Waals surface area contributed by atoms with Crippen LogP contribution in [0.4, 0.5) is 11.4 Å². The van der Waals surface area contributed by atoms with E-state index < -0.39 is 23.4 Å². The van der Waals surface area contributed by atoms with Crippen molar-refractivity contribution in [3.05, 3.63) is 119 Å². The largest absolute Gasteiger partial charge is 0.497 e. The zero-order valence-electron chi connectivity index (χ0n) is 25.0. The van der Waals surface area contributed by atoms with Crippen molar-refractivity contribution in [2.24, 2.45) is 5.92 Å². The van der Waals surface area contributed by atoms with Gasteiger partial charge in [0.2, 0.25) is 12.7 Å². The molecule has 4 aliphatic rings. The smallest absolute Gasteiger partial charge is 0.238 e. The first-order chi connectivity index (χ1) is 21.8. The number of hydrogen-bond donors (Lipinski definition) is 1. The van der Waals surface area contributed by atoms with Gasteiger partial charge in [0, 0.05) is 28.1 Å². The maximum absolute atomic E-state index is 15.1. The molecular formula is C37H30N2O6. The number of nitrogens with zero attached hydrogens (tertiary/aromatic N) is 1. The van der Waals surface area contributed by atoms with E-state index in [-0.39, 0.29) is 24.3 Å². The molecule has 0 radical (unpaired) electrons. The molecule has 1 saturated heterocycles. The molecule has 0 bridgehead atoms. The summed E-state index contributed by atoms with van der Waals surface area (Å²) in [6.45, 7) is 4.10. The van der Waals surface area contributed by atoms with Gasteiger partial charge >= 0.3 is 0 Å². The van der Waals surface area contributed by atoms with E-state index in [0.717, 1.165) is 22.4 Å². The number of ketones is 2. The van der Waals surface area contributed by atoms with Gasteiger partial charge in [-0.15, -0.1) is 0 Å². The number of benzene rings is 4. The normalized spacial score (nSPS) is 23.6. The minimum atomic E-state index is -1.41. The summed E-state index contributed by atoms with van der Waals surface area (Å²) in [6, 6.07) is 23.9. The standard InChI is InChI=1S/C37H30N2O6/c1-20-11-13-28-25(15-20)21(2)16-31-37(26-9-4-5-10-27(26)38-36(37)42)32(34(40)23-12-14-29-30(18-23)45-19-44-29)33(39(28)31)35(41)22-7-6-8-24(17-22)43-3/h4-18,31-33H,19H2,1-3H3,(H,38,42)/t31-,32+,33+,37-/m1/s1. The lowest BCUT2D eigenvalue weighted by atomic mass is 9.64. The molecule has 1 spiro atoms. The SMILES string of the molecule is COc1cccc(C(=O)[C@@H]2[C@@H](C(=O)c3ccc4c(c3)OCO4)[C@]3(C(=O)Nc4ccccc43)[C@H]3C=C(C)c4cc(C)ccc4N23)c1. The van der Waals surface area contributed by atoms with Crippen LogP contribution in [0.1, 0.15) is 44.3 Å². The second-order valence-electron chi connectivity index (χ2n) is 12.0. The number of fused-ring (bicyclic) bond motifs is 7. The average molecular weight is 599 g/mol. The molecule has 0 unspecified atom stereocenters. The Hall–Kier alpha value is -5.37. The zero-order valence-corrected chi connectivity index (χ0v) is 25.0. The van der Waals surface area contributed by atoms with Gasteiger partial charge in [0.25, 0.3) is 0 Å². The number of Topliss-reactive ketones (excluding diaryl/α,β-unsaturated/α-hetero) is 2. The lowest BCUT2D eigenvalue weighted by molar-refractivity contribution is -0.121. The minimum Gasteiger partial charge on any atom is -0.497 e. The molecule has 8 heteroatoms.